The van der Waals surface area contributed by atoms with Crippen molar-refractivity contribution >= 4 is 0 Å². The highest BCUT2D eigenvalue weighted by Gasteiger charge is 2.29. The SMILES string of the molecule is CCCC1CCC(O)C(OCCOCCOCCOC)C1. The van der Waals surface area contributed by atoms with Crippen LogP contribution in [-0.2, 0) is 18.9 Å². The van der Waals surface area contributed by atoms with Crippen molar-refractivity contribution in [3.8, 4) is 0 Å². The number of methoxy groups -OCH3 is 1. The summed E-state index contributed by atoms with van der Waals surface area (Å²) in [5.74, 6) is 0.707. The van der Waals surface area contributed by atoms with Gasteiger partial charge in [0.15, 0.2) is 0 Å². The van der Waals surface area contributed by atoms with Gasteiger partial charge in [-0.2, -0.15) is 0 Å². The lowest BCUT2D eigenvalue weighted by atomic mass is 9.83. The maximum atomic E-state index is 9.98. The molecule has 21 heavy (non-hydrogen) atoms. The fourth-order valence-corrected chi connectivity index (χ4v) is 2.77. The Labute approximate surface area is 128 Å². The van der Waals surface area contributed by atoms with E-state index in [1.54, 1.807) is 7.11 Å². The number of aliphatic hydroxyl groups excluding tert-OH is 1. The van der Waals surface area contributed by atoms with E-state index in [2.05, 4.69) is 6.92 Å². The fourth-order valence-electron chi connectivity index (χ4n) is 2.77. The van der Waals surface area contributed by atoms with Gasteiger partial charge in [0, 0.05) is 7.11 Å². The van der Waals surface area contributed by atoms with E-state index in [9.17, 15) is 5.11 Å². The predicted molar refractivity (Wildman–Crippen MR) is 81.5 cm³/mol. The van der Waals surface area contributed by atoms with Gasteiger partial charge in [-0.3, -0.25) is 0 Å². The van der Waals surface area contributed by atoms with Crippen LogP contribution in [0.5, 0.6) is 0 Å². The highest BCUT2D eigenvalue weighted by Crippen LogP contribution is 2.29. The van der Waals surface area contributed by atoms with Gasteiger partial charge in [0.1, 0.15) is 0 Å². The Kier molecular flexibility index (Phi) is 11.1. The van der Waals surface area contributed by atoms with Crippen molar-refractivity contribution in [3.05, 3.63) is 0 Å². The molecule has 3 unspecified atom stereocenters. The second-order valence-corrected chi connectivity index (χ2v) is 5.66. The van der Waals surface area contributed by atoms with Crippen LogP contribution in [0.4, 0.5) is 0 Å². The van der Waals surface area contributed by atoms with Crippen molar-refractivity contribution in [2.75, 3.05) is 46.8 Å². The lowest BCUT2D eigenvalue weighted by Gasteiger charge is -2.33. The molecule has 0 bridgehead atoms. The zero-order valence-corrected chi connectivity index (χ0v) is 13.6. The smallest absolute Gasteiger partial charge is 0.0837 e. The van der Waals surface area contributed by atoms with Crippen LogP contribution in [-0.4, -0.2) is 64.1 Å². The minimum atomic E-state index is -0.310. The normalized spacial score (nSPS) is 26.1. The van der Waals surface area contributed by atoms with Gasteiger partial charge in [-0.1, -0.05) is 19.8 Å². The molecule has 0 heterocycles. The quantitative estimate of drug-likeness (QED) is 0.559. The summed E-state index contributed by atoms with van der Waals surface area (Å²) in [7, 11) is 1.65. The third-order valence-electron chi connectivity index (χ3n) is 3.93. The van der Waals surface area contributed by atoms with Gasteiger partial charge >= 0.3 is 0 Å². The summed E-state index contributed by atoms with van der Waals surface area (Å²) in [6.07, 6.45) is 5.09. The Morgan fingerprint density at radius 1 is 0.952 bits per heavy atom. The Morgan fingerprint density at radius 3 is 2.29 bits per heavy atom. The van der Waals surface area contributed by atoms with E-state index in [0.29, 0.717) is 45.6 Å². The van der Waals surface area contributed by atoms with Crippen LogP contribution in [0.25, 0.3) is 0 Å². The molecule has 0 aromatic rings. The number of hydrogen-bond donors (Lipinski definition) is 1. The van der Waals surface area contributed by atoms with Crippen molar-refractivity contribution in [2.45, 2.75) is 51.2 Å². The Bertz CT molecular complexity index is 237. The average Bonchev–Trinajstić information content (AvgIpc) is 2.49. The molecular formula is C16H32O5. The lowest BCUT2D eigenvalue weighted by molar-refractivity contribution is -0.0874. The van der Waals surface area contributed by atoms with Crippen LogP contribution < -0.4 is 0 Å². The summed E-state index contributed by atoms with van der Waals surface area (Å²) >= 11 is 0. The molecule has 1 saturated carbocycles. The first kappa shape index (κ1) is 18.8. The summed E-state index contributed by atoms with van der Waals surface area (Å²) < 4.78 is 21.4. The molecule has 1 aliphatic carbocycles. The number of ether oxygens (including phenoxy) is 4. The van der Waals surface area contributed by atoms with Crippen LogP contribution in [0.2, 0.25) is 0 Å². The minimum Gasteiger partial charge on any atom is -0.390 e. The molecule has 1 aliphatic rings. The first-order valence-corrected chi connectivity index (χ1v) is 8.22. The van der Waals surface area contributed by atoms with E-state index in [1.165, 1.54) is 12.8 Å². The highest BCUT2D eigenvalue weighted by molar-refractivity contribution is 4.80. The molecule has 1 N–H and O–H groups in total. The fraction of sp³-hybridized carbons (Fsp3) is 1.00. The van der Waals surface area contributed by atoms with Gasteiger partial charge in [-0.05, 0) is 25.2 Å². The zero-order chi connectivity index (χ0) is 15.3. The summed E-state index contributed by atoms with van der Waals surface area (Å²) in [4.78, 5) is 0. The summed E-state index contributed by atoms with van der Waals surface area (Å²) in [5.41, 5.74) is 0. The Morgan fingerprint density at radius 2 is 1.62 bits per heavy atom. The zero-order valence-electron chi connectivity index (χ0n) is 13.6. The second kappa shape index (κ2) is 12.4. The van der Waals surface area contributed by atoms with Crippen molar-refractivity contribution in [1.29, 1.82) is 0 Å². The van der Waals surface area contributed by atoms with Gasteiger partial charge in [-0.15, -0.1) is 0 Å². The van der Waals surface area contributed by atoms with Crippen LogP contribution in [0.3, 0.4) is 0 Å². The van der Waals surface area contributed by atoms with Gasteiger partial charge in [0.2, 0.25) is 0 Å². The van der Waals surface area contributed by atoms with Crippen LogP contribution >= 0.6 is 0 Å². The molecule has 0 spiro atoms. The first-order valence-electron chi connectivity index (χ1n) is 8.22. The predicted octanol–water partition coefficient (Wildman–Crippen LogP) is 2.01. The topological polar surface area (TPSA) is 57.2 Å². The molecule has 0 aromatic heterocycles. The Hall–Kier alpha value is -0.200. The summed E-state index contributed by atoms with van der Waals surface area (Å²) in [6.45, 7) is 5.66. The number of rotatable bonds is 12. The van der Waals surface area contributed by atoms with Gasteiger partial charge < -0.3 is 24.1 Å². The van der Waals surface area contributed by atoms with E-state index >= 15 is 0 Å². The maximum absolute atomic E-state index is 9.98. The van der Waals surface area contributed by atoms with Gasteiger partial charge in [0.25, 0.3) is 0 Å². The molecule has 0 aromatic carbocycles. The lowest BCUT2D eigenvalue weighted by Crippen LogP contribution is -2.36. The monoisotopic (exact) mass is 304 g/mol. The molecular weight excluding hydrogens is 272 g/mol. The van der Waals surface area contributed by atoms with Crippen molar-refractivity contribution < 1.29 is 24.1 Å². The number of hydrogen-bond acceptors (Lipinski definition) is 5. The molecule has 0 aliphatic heterocycles. The largest absolute Gasteiger partial charge is 0.390 e. The average molecular weight is 304 g/mol. The van der Waals surface area contributed by atoms with Crippen LogP contribution in [0, 0.1) is 5.92 Å². The highest BCUT2D eigenvalue weighted by atomic mass is 16.6. The molecule has 5 heteroatoms. The molecule has 5 nitrogen and oxygen atoms in total. The molecule has 3 atom stereocenters. The standard InChI is InChI=1S/C16H32O5/c1-3-4-14-5-6-15(17)16(13-14)21-12-11-20-10-9-19-8-7-18-2/h14-17H,3-13H2,1-2H3. The van der Waals surface area contributed by atoms with Crippen LogP contribution in [0.15, 0.2) is 0 Å². The molecule has 1 rings (SSSR count). The third kappa shape index (κ3) is 8.73. The van der Waals surface area contributed by atoms with E-state index < -0.39 is 0 Å². The third-order valence-corrected chi connectivity index (χ3v) is 3.93. The van der Waals surface area contributed by atoms with E-state index in [0.717, 1.165) is 19.3 Å². The van der Waals surface area contributed by atoms with E-state index in [1.807, 2.05) is 0 Å². The maximum Gasteiger partial charge on any atom is 0.0837 e. The van der Waals surface area contributed by atoms with Crippen molar-refractivity contribution in [1.82, 2.24) is 0 Å². The number of aliphatic hydroxyl groups is 1. The van der Waals surface area contributed by atoms with Crippen molar-refractivity contribution in [3.63, 3.8) is 0 Å². The van der Waals surface area contributed by atoms with Gasteiger partial charge in [0.05, 0.1) is 51.8 Å². The van der Waals surface area contributed by atoms with E-state index in [4.69, 9.17) is 18.9 Å². The van der Waals surface area contributed by atoms with Gasteiger partial charge in [-0.25, -0.2) is 0 Å². The molecule has 0 saturated heterocycles. The Balaban J connectivity index is 1.98. The van der Waals surface area contributed by atoms with E-state index in [-0.39, 0.29) is 12.2 Å². The molecule has 0 radical (unpaired) electrons. The second-order valence-electron chi connectivity index (χ2n) is 5.66. The molecule has 1 fully saturated rings. The first-order chi connectivity index (χ1) is 10.3. The molecule has 126 valence electrons. The molecule has 0 amide bonds. The van der Waals surface area contributed by atoms with Crippen LogP contribution in [0.1, 0.15) is 39.0 Å². The van der Waals surface area contributed by atoms with Crippen molar-refractivity contribution in [2.24, 2.45) is 5.92 Å². The minimum absolute atomic E-state index is 0.0168. The summed E-state index contributed by atoms with van der Waals surface area (Å²) in [6, 6.07) is 0. The summed E-state index contributed by atoms with van der Waals surface area (Å²) in [5, 5.41) is 9.98.